The molecular weight excluding hydrogens is 416 g/mol. The number of aliphatic hydroxyl groups is 2. The summed E-state index contributed by atoms with van der Waals surface area (Å²) in [6.45, 7) is 1.66. The summed E-state index contributed by atoms with van der Waals surface area (Å²) in [5.74, 6) is 0.502. The van der Waals surface area contributed by atoms with E-state index >= 15 is 0 Å². The topological polar surface area (TPSA) is 110 Å². The van der Waals surface area contributed by atoms with Gasteiger partial charge in [-0.15, -0.1) is 0 Å². The van der Waals surface area contributed by atoms with E-state index in [1.165, 1.54) is 10.2 Å². The Balaban J connectivity index is 1.76. The quantitative estimate of drug-likeness (QED) is 0.504. The molecule has 1 fully saturated rings. The molecule has 8 nitrogen and oxygen atoms in total. The normalized spacial score (nSPS) is 21.0. The summed E-state index contributed by atoms with van der Waals surface area (Å²) >= 11 is 0. The van der Waals surface area contributed by atoms with Gasteiger partial charge in [-0.1, -0.05) is 18.2 Å². The smallest absolute Gasteiger partial charge is 0.269 e. The molecule has 162 valence electrons. The van der Waals surface area contributed by atoms with Gasteiger partial charge in [0.25, 0.3) is 10.0 Å². The summed E-state index contributed by atoms with van der Waals surface area (Å²) in [5.41, 5.74) is 1.64. The number of aliphatic hydroxyl groups excluding tert-OH is 2. The Morgan fingerprint density at radius 2 is 1.94 bits per heavy atom. The first-order chi connectivity index (χ1) is 14.9. The Morgan fingerprint density at radius 3 is 2.65 bits per heavy atom. The van der Waals surface area contributed by atoms with Crippen LogP contribution in [0.3, 0.4) is 0 Å². The number of benzene rings is 1. The van der Waals surface area contributed by atoms with Gasteiger partial charge in [0.1, 0.15) is 17.4 Å². The molecule has 0 spiro atoms. The summed E-state index contributed by atoms with van der Waals surface area (Å²) in [4.78, 5) is 9.20. The molecule has 0 bridgehead atoms. The fourth-order valence-corrected chi connectivity index (χ4v) is 5.93. The second-order valence-electron chi connectivity index (χ2n) is 8.15. The molecule has 4 aromatic rings. The van der Waals surface area contributed by atoms with Gasteiger partial charge >= 0.3 is 0 Å². The molecule has 0 unspecified atom stereocenters. The number of fused-ring (bicyclic) bond motifs is 3. The van der Waals surface area contributed by atoms with Crippen LogP contribution >= 0.6 is 0 Å². The fourth-order valence-electron chi connectivity index (χ4n) is 4.60. The summed E-state index contributed by atoms with van der Waals surface area (Å²) in [7, 11) is -3.81. The lowest BCUT2D eigenvalue weighted by atomic mass is 9.92. The van der Waals surface area contributed by atoms with E-state index in [1.54, 1.807) is 49.5 Å². The summed E-state index contributed by atoms with van der Waals surface area (Å²) in [6, 6.07) is 9.94. The standard InChI is InChI=1S/C22H24N4O4S/c1-14(27)21-24-19-13-23-22-18(20(19)26(21)15-6-5-7-16(28)12-15)10-11-25(22)31(29,30)17-8-3-2-4-9-17/h2-4,8-11,13-16,27-28H,5-7,12H2,1H3/t14-,15-,16-/m1/s1. The van der Waals surface area contributed by atoms with E-state index < -0.39 is 22.2 Å². The van der Waals surface area contributed by atoms with Crippen LogP contribution in [-0.2, 0) is 10.0 Å². The van der Waals surface area contributed by atoms with E-state index in [0.717, 1.165) is 24.8 Å². The molecule has 31 heavy (non-hydrogen) atoms. The van der Waals surface area contributed by atoms with Crippen molar-refractivity contribution < 1.29 is 18.6 Å². The number of pyridine rings is 1. The lowest BCUT2D eigenvalue weighted by molar-refractivity contribution is 0.0997. The number of nitrogens with zero attached hydrogens (tertiary/aromatic N) is 4. The first kappa shape index (κ1) is 20.2. The Kier molecular flexibility index (Phi) is 4.84. The van der Waals surface area contributed by atoms with Crippen LogP contribution in [0, 0.1) is 0 Å². The van der Waals surface area contributed by atoms with Crippen LogP contribution in [0.1, 0.15) is 50.6 Å². The van der Waals surface area contributed by atoms with E-state index in [-0.39, 0.29) is 10.9 Å². The predicted molar refractivity (Wildman–Crippen MR) is 116 cm³/mol. The third kappa shape index (κ3) is 3.24. The number of imidazole rings is 1. The molecule has 1 saturated carbocycles. The van der Waals surface area contributed by atoms with Gasteiger partial charge in [-0.05, 0) is 50.8 Å². The minimum Gasteiger partial charge on any atom is -0.393 e. The number of hydrogen-bond acceptors (Lipinski definition) is 6. The first-order valence-electron chi connectivity index (χ1n) is 10.4. The zero-order valence-corrected chi connectivity index (χ0v) is 17.9. The Bertz CT molecular complexity index is 1360. The highest BCUT2D eigenvalue weighted by molar-refractivity contribution is 7.90. The van der Waals surface area contributed by atoms with Gasteiger partial charge in [-0.25, -0.2) is 22.4 Å². The van der Waals surface area contributed by atoms with Crippen LogP contribution in [0.25, 0.3) is 22.1 Å². The summed E-state index contributed by atoms with van der Waals surface area (Å²) in [6.07, 6.45) is 4.91. The maximum atomic E-state index is 13.2. The van der Waals surface area contributed by atoms with Gasteiger partial charge in [0.15, 0.2) is 5.65 Å². The number of hydrogen-bond donors (Lipinski definition) is 2. The van der Waals surface area contributed by atoms with Crippen LogP contribution < -0.4 is 0 Å². The van der Waals surface area contributed by atoms with E-state index in [2.05, 4.69) is 9.97 Å². The largest absolute Gasteiger partial charge is 0.393 e. The average Bonchev–Trinajstić information content (AvgIpc) is 3.36. The second kappa shape index (κ2) is 7.44. The van der Waals surface area contributed by atoms with Crippen LogP contribution in [-0.4, -0.2) is 43.2 Å². The van der Waals surface area contributed by atoms with E-state index in [9.17, 15) is 18.6 Å². The van der Waals surface area contributed by atoms with Crippen molar-refractivity contribution in [3.8, 4) is 0 Å². The van der Waals surface area contributed by atoms with Gasteiger partial charge in [-0.3, -0.25) is 0 Å². The molecule has 1 aliphatic rings. The molecular formula is C22H24N4O4S. The van der Waals surface area contributed by atoms with Crippen molar-refractivity contribution in [1.29, 1.82) is 0 Å². The molecule has 9 heteroatoms. The van der Waals surface area contributed by atoms with Crippen molar-refractivity contribution in [2.45, 2.75) is 55.8 Å². The zero-order chi connectivity index (χ0) is 21.8. The van der Waals surface area contributed by atoms with Crippen molar-refractivity contribution in [3.05, 3.63) is 54.6 Å². The SMILES string of the molecule is C[C@@H](O)c1nc2cnc3c(ccn3S(=O)(=O)c3ccccc3)c2n1[C@@H]1CCC[C@@H](O)C1. The summed E-state index contributed by atoms with van der Waals surface area (Å²) in [5, 5.41) is 21.3. The van der Waals surface area contributed by atoms with E-state index in [0.29, 0.717) is 28.8 Å². The highest BCUT2D eigenvalue weighted by Crippen LogP contribution is 2.37. The van der Waals surface area contributed by atoms with Crippen LogP contribution in [0.2, 0.25) is 0 Å². The van der Waals surface area contributed by atoms with Gasteiger partial charge < -0.3 is 14.8 Å². The Labute approximate surface area is 179 Å². The van der Waals surface area contributed by atoms with Crippen molar-refractivity contribution in [1.82, 2.24) is 18.5 Å². The van der Waals surface area contributed by atoms with Crippen molar-refractivity contribution >= 4 is 32.1 Å². The van der Waals surface area contributed by atoms with E-state index in [4.69, 9.17) is 0 Å². The Morgan fingerprint density at radius 1 is 1.16 bits per heavy atom. The molecule has 0 radical (unpaired) electrons. The maximum absolute atomic E-state index is 13.2. The fraction of sp³-hybridized carbons (Fsp3) is 0.364. The molecule has 2 N–H and O–H groups in total. The average molecular weight is 441 g/mol. The minimum absolute atomic E-state index is 0.0296. The molecule has 0 aliphatic heterocycles. The second-order valence-corrected chi connectivity index (χ2v) is 9.96. The molecule has 1 aliphatic carbocycles. The monoisotopic (exact) mass is 440 g/mol. The van der Waals surface area contributed by atoms with Crippen molar-refractivity contribution in [2.24, 2.45) is 0 Å². The van der Waals surface area contributed by atoms with E-state index in [1.807, 2.05) is 4.57 Å². The molecule has 3 heterocycles. The first-order valence-corrected chi connectivity index (χ1v) is 11.9. The van der Waals surface area contributed by atoms with Crippen LogP contribution in [0.4, 0.5) is 0 Å². The van der Waals surface area contributed by atoms with Gasteiger partial charge in [0.2, 0.25) is 0 Å². The molecule has 3 atom stereocenters. The zero-order valence-electron chi connectivity index (χ0n) is 17.1. The van der Waals surface area contributed by atoms with Gasteiger partial charge in [-0.2, -0.15) is 0 Å². The lowest BCUT2D eigenvalue weighted by Gasteiger charge is -2.29. The van der Waals surface area contributed by atoms with Crippen LogP contribution in [0.5, 0.6) is 0 Å². The molecule has 5 rings (SSSR count). The molecule has 0 saturated heterocycles. The van der Waals surface area contributed by atoms with Crippen molar-refractivity contribution in [3.63, 3.8) is 0 Å². The highest BCUT2D eigenvalue weighted by atomic mass is 32.2. The molecule has 1 aromatic carbocycles. The van der Waals surface area contributed by atoms with Crippen molar-refractivity contribution in [2.75, 3.05) is 0 Å². The number of rotatable bonds is 4. The third-order valence-electron chi connectivity index (χ3n) is 6.01. The molecule has 0 amide bonds. The van der Waals surface area contributed by atoms with Gasteiger partial charge in [0, 0.05) is 17.6 Å². The highest BCUT2D eigenvalue weighted by Gasteiger charge is 2.29. The predicted octanol–water partition coefficient (Wildman–Crippen LogP) is 3.15. The maximum Gasteiger partial charge on any atom is 0.269 e. The Hall–Kier alpha value is -2.75. The third-order valence-corrected chi connectivity index (χ3v) is 7.69. The summed E-state index contributed by atoms with van der Waals surface area (Å²) < 4.78 is 29.6. The number of aromatic nitrogens is 4. The minimum atomic E-state index is -3.81. The molecule has 3 aromatic heterocycles. The van der Waals surface area contributed by atoms with Crippen LogP contribution in [0.15, 0.2) is 53.7 Å². The lowest BCUT2D eigenvalue weighted by Crippen LogP contribution is -2.24. The van der Waals surface area contributed by atoms with Gasteiger partial charge in [0.05, 0.1) is 22.7 Å².